The number of nitro benzene ring substituents is 1. The molecule has 140 valence electrons. The molecule has 0 bridgehead atoms. The lowest BCUT2D eigenvalue weighted by Crippen LogP contribution is -2.47. The summed E-state index contributed by atoms with van der Waals surface area (Å²) in [6, 6.07) is 15.8. The second-order valence-corrected chi connectivity index (χ2v) is 9.08. The SMILES string of the molecule is CC1(C)SC(=S)N(Cc2ccccc2)C1[N+]([O-])=Cc1ccc([N+](=O)[O-])cc1. The molecule has 0 amide bonds. The van der Waals surface area contributed by atoms with Crippen molar-refractivity contribution < 1.29 is 9.66 Å². The van der Waals surface area contributed by atoms with Crippen molar-refractivity contribution in [1.29, 1.82) is 0 Å². The van der Waals surface area contributed by atoms with E-state index in [0.717, 1.165) is 10.3 Å². The molecule has 6 nitrogen and oxygen atoms in total. The standard InChI is InChI=1S/C19H19N3O3S2/c1-19(2)17(20(18(26)27-19)12-14-6-4-3-5-7-14)21(23)13-15-8-10-16(11-9-15)22(24)25/h3-11,13,17H,12H2,1-2H3. The van der Waals surface area contributed by atoms with Crippen LogP contribution in [0.15, 0.2) is 54.6 Å². The van der Waals surface area contributed by atoms with Crippen molar-refractivity contribution in [3.8, 4) is 0 Å². The number of benzene rings is 2. The maximum Gasteiger partial charge on any atom is 0.269 e. The summed E-state index contributed by atoms with van der Waals surface area (Å²) in [6.45, 7) is 4.54. The Morgan fingerprint density at radius 1 is 1.15 bits per heavy atom. The van der Waals surface area contributed by atoms with E-state index in [0.29, 0.717) is 16.4 Å². The summed E-state index contributed by atoms with van der Waals surface area (Å²) in [4.78, 5) is 12.3. The number of thioether (sulfide) groups is 1. The summed E-state index contributed by atoms with van der Waals surface area (Å²) < 4.78 is 1.19. The fourth-order valence-corrected chi connectivity index (χ4v) is 4.96. The van der Waals surface area contributed by atoms with Crippen molar-refractivity contribution in [3.05, 3.63) is 81.0 Å². The number of thiocarbonyl (C=S) groups is 1. The van der Waals surface area contributed by atoms with Gasteiger partial charge in [0.1, 0.15) is 9.07 Å². The smallest absolute Gasteiger partial charge is 0.269 e. The lowest BCUT2D eigenvalue weighted by atomic mass is 10.1. The van der Waals surface area contributed by atoms with Crippen LogP contribution in [0, 0.1) is 15.3 Å². The first kappa shape index (κ1) is 19.3. The van der Waals surface area contributed by atoms with Gasteiger partial charge in [0.25, 0.3) is 11.9 Å². The van der Waals surface area contributed by atoms with Gasteiger partial charge in [-0.1, -0.05) is 54.3 Å². The zero-order valence-corrected chi connectivity index (χ0v) is 16.6. The van der Waals surface area contributed by atoms with Crippen LogP contribution in [-0.4, -0.2) is 36.0 Å². The summed E-state index contributed by atoms with van der Waals surface area (Å²) in [5.74, 6) is 0. The van der Waals surface area contributed by atoms with Crippen LogP contribution >= 0.6 is 24.0 Å². The van der Waals surface area contributed by atoms with Gasteiger partial charge in [-0.3, -0.25) is 15.0 Å². The average Bonchev–Trinajstić information content (AvgIpc) is 2.84. The molecule has 1 unspecified atom stereocenters. The van der Waals surface area contributed by atoms with E-state index in [4.69, 9.17) is 12.2 Å². The molecule has 2 aromatic carbocycles. The maximum atomic E-state index is 13.0. The summed E-state index contributed by atoms with van der Waals surface area (Å²) in [5.41, 5.74) is 1.67. The number of hydrogen-bond donors (Lipinski definition) is 0. The molecule has 0 radical (unpaired) electrons. The summed E-state index contributed by atoms with van der Waals surface area (Å²) in [7, 11) is 0. The summed E-state index contributed by atoms with van der Waals surface area (Å²) in [6.07, 6.45) is 0.980. The molecule has 1 heterocycles. The zero-order valence-electron chi connectivity index (χ0n) is 14.9. The monoisotopic (exact) mass is 401 g/mol. The first-order valence-corrected chi connectivity index (χ1v) is 9.59. The van der Waals surface area contributed by atoms with Crippen LogP contribution in [0.25, 0.3) is 0 Å². The van der Waals surface area contributed by atoms with Crippen molar-refractivity contribution in [2.45, 2.75) is 31.3 Å². The third kappa shape index (κ3) is 4.28. The van der Waals surface area contributed by atoms with Crippen LogP contribution in [0.1, 0.15) is 25.0 Å². The molecule has 0 aromatic heterocycles. The molecule has 0 saturated carbocycles. The molecule has 1 saturated heterocycles. The van der Waals surface area contributed by atoms with Crippen LogP contribution in [0.5, 0.6) is 0 Å². The molecule has 1 aliphatic heterocycles. The van der Waals surface area contributed by atoms with Crippen LogP contribution in [0.3, 0.4) is 0 Å². The molecule has 0 N–H and O–H groups in total. The molecular weight excluding hydrogens is 382 g/mol. The minimum Gasteiger partial charge on any atom is -0.622 e. The van der Waals surface area contributed by atoms with Crippen LogP contribution in [0.2, 0.25) is 0 Å². The van der Waals surface area contributed by atoms with Crippen molar-refractivity contribution in [1.82, 2.24) is 4.90 Å². The minimum absolute atomic E-state index is 0.00627. The van der Waals surface area contributed by atoms with Gasteiger partial charge in [-0.25, -0.2) is 0 Å². The zero-order chi connectivity index (χ0) is 19.6. The maximum absolute atomic E-state index is 13.0. The minimum atomic E-state index is -0.481. The molecule has 1 fully saturated rings. The van der Waals surface area contributed by atoms with Gasteiger partial charge < -0.3 is 5.21 Å². The number of non-ortho nitro benzene ring substituents is 1. The number of hydroxylamine groups is 1. The second kappa shape index (κ2) is 7.66. The highest BCUT2D eigenvalue weighted by molar-refractivity contribution is 8.24. The lowest BCUT2D eigenvalue weighted by molar-refractivity contribution is -0.524. The Kier molecular flexibility index (Phi) is 5.48. The number of nitrogens with zero attached hydrogens (tertiary/aromatic N) is 3. The fraction of sp³-hybridized carbons (Fsp3) is 0.263. The molecule has 2 aromatic rings. The molecular formula is C19H19N3O3S2. The van der Waals surface area contributed by atoms with E-state index in [9.17, 15) is 15.3 Å². The lowest BCUT2D eigenvalue weighted by Gasteiger charge is -2.29. The predicted octanol–water partition coefficient (Wildman–Crippen LogP) is 4.16. The first-order chi connectivity index (χ1) is 12.8. The van der Waals surface area contributed by atoms with Crippen LogP contribution < -0.4 is 0 Å². The van der Waals surface area contributed by atoms with Crippen LogP contribution in [0.4, 0.5) is 5.69 Å². The molecule has 1 atom stereocenters. The van der Waals surface area contributed by atoms with Gasteiger partial charge >= 0.3 is 0 Å². The summed E-state index contributed by atoms with van der Waals surface area (Å²) >= 11 is 7.04. The Hall–Kier alpha value is -2.45. The highest BCUT2D eigenvalue weighted by Gasteiger charge is 2.50. The Morgan fingerprint density at radius 2 is 1.78 bits per heavy atom. The van der Waals surface area contributed by atoms with Crippen molar-refractivity contribution in [2.75, 3.05) is 0 Å². The molecule has 0 aliphatic carbocycles. The van der Waals surface area contributed by atoms with Gasteiger partial charge in [0, 0.05) is 17.7 Å². The topological polar surface area (TPSA) is 72.5 Å². The molecule has 1 aliphatic rings. The van der Waals surface area contributed by atoms with E-state index in [1.165, 1.54) is 30.1 Å². The second-order valence-electron chi connectivity index (χ2n) is 6.80. The van der Waals surface area contributed by atoms with E-state index in [1.54, 1.807) is 12.1 Å². The Morgan fingerprint density at radius 3 is 2.37 bits per heavy atom. The molecule has 27 heavy (non-hydrogen) atoms. The number of hydrogen-bond acceptors (Lipinski definition) is 5. The van der Waals surface area contributed by atoms with E-state index in [-0.39, 0.29) is 5.69 Å². The number of rotatable bonds is 5. The van der Waals surface area contributed by atoms with E-state index in [2.05, 4.69) is 0 Å². The number of nitro groups is 1. The molecule has 8 heteroatoms. The molecule has 0 spiro atoms. The molecule has 3 rings (SSSR count). The quantitative estimate of drug-likeness (QED) is 0.187. The van der Waals surface area contributed by atoms with Gasteiger partial charge in [0.15, 0.2) is 6.21 Å². The van der Waals surface area contributed by atoms with E-state index < -0.39 is 15.8 Å². The fourth-order valence-electron chi connectivity index (χ4n) is 3.09. The van der Waals surface area contributed by atoms with Gasteiger partial charge in [-0.15, -0.1) is 0 Å². The Balaban J connectivity index is 1.89. The highest BCUT2D eigenvalue weighted by atomic mass is 32.2. The first-order valence-electron chi connectivity index (χ1n) is 8.36. The van der Waals surface area contributed by atoms with E-state index >= 15 is 0 Å². The largest absolute Gasteiger partial charge is 0.622 e. The highest BCUT2D eigenvalue weighted by Crippen LogP contribution is 2.42. The average molecular weight is 402 g/mol. The van der Waals surface area contributed by atoms with Crippen molar-refractivity contribution >= 4 is 40.2 Å². The van der Waals surface area contributed by atoms with Gasteiger partial charge in [-0.2, -0.15) is 4.74 Å². The van der Waals surface area contributed by atoms with Crippen molar-refractivity contribution in [2.24, 2.45) is 0 Å². The third-order valence-electron chi connectivity index (χ3n) is 4.32. The van der Waals surface area contributed by atoms with Gasteiger partial charge in [-0.05, 0) is 31.5 Å². The Bertz CT molecular complexity index is 883. The van der Waals surface area contributed by atoms with E-state index in [1.807, 2.05) is 49.1 Å². The normalized spacial score (nSPS) is 19.3. The van der Waals surface area contributed by atoms with Gasteiger partial charge in [0.05, 0.1) is 11.5 Å². The van der Waals surface area contributed by atoms with Crippen molar-refractivity contribution in [3.63, 3.8) is 0 Å². The van der Waals surface area contributed by atoms with Gasteiger partial charge in [0.2, 0.25) is 0 Å². The summed E-state index contributed by atoms with van der Waals surface area (Å²) in [5, 5.41) is 23.8. The third-order valence-corrected chi connectivity index (χ3v) is 5.95. The predicted molar refractivity (Wildman–Crippen MR) is 112 cm³/mol. The van der Waals surface area contributed by atoms with Crippen LogP contribution in [-0.2, 0) is 6.54 Å². The Labute approximate surface area is 167 Å².